The van der Waals surface area contributed by atoms with Gasteiger partial charge in [0.2, 0.25) is 10.0 Å². The quantitative estimate of drug-likeness (QED) is 0.741. The third-order valence-electron chi connectivity index (χ3n) is 4.62. The highest BCUT2D eigenvalue weighted by atomic mass is 32.2. The maximum atomic E-state index is 12.7. The minimum Gasteiger partial charge on any atom is -0.376 e. The van der Waals surface area contributed by atoms with Gasteiger partial charge in [0.15, 0.2) is 0 Å². The van der Waals surface area contributed by atoms with E-state index in [9.17, 15) is 13.2 Å². The Hall–Kier alpha value is -1.44. The lowest BCUT2D eigenvalue weighted by Gasteiger charge is -2.24. The van der Waals surface area contributed by atoms with Crippen molar-refractivity contribution in [2.24, 2.45) is 0 Å². The fourth-order valence-corrected chi connectivity index (χ4v) is 4.15. The van der Waals surface area contributed by atoms with Crippen LogP contribution in [0.4, 0.5) is 0 Å². The first-order valence-electron chi connectivity index (χ1n) is 8.76. The molecule has 0 aliphatic carbocycles. The third kappa shape index (κ3) is 4.59. The summed E-state index contributed by atoms with van der Waals surface area (Å²) >= 11 is 0. The Morgan fingerprint density at radius 2 is 1.92 bits per heavy atom. The van der Waals surface area contributed by atoms with E-state index in [1.165, 1.54) is 16.4 Å². The maximum Gasteiger partial charge on any atom is 0.253 e. The number of ether oxygens (including phenoxy) is 1. The molecule has 1 unspecified atom stereocenters. The van der Waals surface area contributed by atoms with Crippen molar-refractivity contribution >= 4 is 15.9 Å². The predicted octanol–water partition coefficient (Wildman–Crippen LogP) is 2.36. The van der Waals surface area contributed by atoms with Crippen LogP contribution < -0.4 is 0 Å². The molecule has 0 spiro atoms. The fourth-order valence-electron chi connectivity index (χ4n) is 2.79. The van der Waals surface area contributed by atoms with Crippen molar-refractivity contribution in [1.82, 2.24) is 9.21 Å². The summed E-state index contributed by atoms with van der Waals surface area (Å²) in [5, 5.41) is 0. The minimum absolute atomic E-state index is 0.0980. The second-order valence-corrected chi connectivity index (χ2v) is 8.62. The van der Waals surface area contributed by atoms with Crippen LogP contribution in [-0.4, -0.2) is 62.4 Å². The zero-order valence-corrected chi connectivity index (χ0v) is 16.3. The lowest BCUT2D eigenvalue weighted by Crippen LogP contribution is -2.37. The molecule has 0 aromatic heterocycles. The monoisotopic (exact) mass is 368 g/mol. The Morgan fingerprint density at radius 3 is 2.40 bits per heavy atom. The third-order valence-corrected chi connectivity index (χ3v) is 6.67. The van der Waals surface area contributed by atoms with Gasteiger partial charge in [0.05, 0.1) is 11.0 Å². The van der Waals surface area contributed by atoms with Gasteiger partial charge in [-0.1, -0.05) is 0 Å². The van der Waals surface area contributed by atoms with Gasteiger partial charge in [0.1, 0.15) is 0 Å². The van der Waals surface area contributed by atoms with Crippen molar-refractivity contribution in [3.05, 3.63) is 29.8 Å². The molecule has 25 heavy (non-hydrogen) atoms. The largest absolute Gasteiger partial charge is 0.376 e. The van der Waals surface area contributed by atoms with Crippen molar-refractivity contribution in [3.63, 3.8) is 0 Å². The average molecular weight is 368 g/mol. The average Bonchev–Trinajstić information content (AvgIpc) is 3.11. The van der Waals surface area contributed by atoms with Gasteiger partial charge in [0.25, 0.3) is 5.91 Å². The fraction of sp³-hybridized carbons (Fsp3) is 0.611. The van der Waals surface area contributed by atoms with E-state index in [0.29, 0.717) is 18.7 Å². The summed E-state index contributed by atoms with van der Waals surface area (Å²) in [6.45, 7) is 7.50. The normalized spacial score (nSPS) is 18.1. The van der Waals surface area contributed by atoms with Crippen LogP contribution >= 0.6 is 0 Å². The van der Waals surface area contributed by atoms with E-state index in [-0.39, 0.29) is 22.9 Å². The molecule has 0 bridgehead atoms. The Balaban J connectivity index is 2.13. The zero-order chi connectivity index (χ0) is 18.6. The molecule has 140 valence electrons. The number of amides is 1. The van der Waals surface area contributed by atoms with Crippen LogP contribution in [0.25, 0.3) is 0 Å². The number of hydrogen-bond donors (Lipinski definition) is 0. The highest BCUT2D eigenvalue weighted by Crippen LogP contribution is 2.19. The lowest BCUT2D eigenvalue weighted by atomic mass is 10.1. The molecule has 6 nitrogen and oxygen atoms in total. The van der Waals surface area contributed by atoms with Crippen LogP contribution in [0.1, 0.15) is 44.0 Å². The van der Waals surface area contributed by atoms with Crippen LogP contribution in [0.5, 0.6) is 0 Å². The summed E-state index contributed by atoms with van der Waals surface area (Å²) in [5.41, 5.74) is 0.492. The van der Waals surface area contributed by atoms with E-state index in [1.807, 2.05) is 20.8 Å². The molecule has 7 heteroatoms. The molecule has 1 aliphatic heterocycles. The molecule has 1 aliphatic rings. The van der Waals surface area contributed by atoms with Gasteiger partial charge < -0.3 is 9.64 Å². The van der Waals surface area contributed by atoms with Gasteiger partial charge in [0, 0.05) is 38.3 Å². The first-order valence-corrected chi connectivity index (χ1v) is 10.2. The number of carbonyl (C=O) groups is 1. The molecule has 1 aromatic carbocycles. The van der Waals surface area contributed by atoms with Crippen molar-refractivity contribution < 1.29 is 17.9 Å². The summed E-state index contributed by atoms with van der Waals surface area (Å²) in [6.07, 6.45) is 2.11. The highest BCUT2D eigenvalue weighted by molar-refractivity contribution is 7.89. The summed E-state index contributed by atoms with van der Waals surface area (Å²) in [7, 11) is -1.98. The van der Waals surface area contributed by atoms with Crippen LogP contribution in [0.3, 0.4) is 0 Å². The number of carbonyl (C=O) groups excluding carboxylic acids is 1. The number of nitrogens with zero attached hydrogens (tertiary/aromatic N) is 2. The van der Waals surface area contributed by atoms with Gasteiger partial charge in [-0.15, -0.1) is 0 Å². The number of hydrogen-bond acceptors (Lipinski definition) is 4. The molecular weight excluding hydrogens is 340 g/mol. The van der Waals surface area contributed by atoms with Crippen molar-refractivity contribution in [3.8, 4) is 0 Å². The van der Waals surface area contributed by atoms with Crippen LogP contribution in [0.2, 0.25) is 0 Å². The first-order chi connectivity index (χ1) is 11.8. The van der Waals surface area contributed by atoms with E-state index in [0.717, 1.165) is 19.4 Å². The van der Waals surface area contributed by atoms with Crippen LogP contribution in [0, 0.1) is 0 Å². The molecule has 1 heterocycles. The predicted molar refractivity (Wildman–Crippen MR) is 97.1 cm³/mol. The maximum absolute atomic E-state index is 12.7. The zero-order valence-electron chi connectivity index (χ0n) is 15.4. The minimum atomic E-state index is -3.54. The molecule has 1 amide bonds. The number of rotatable bonds is 7. The summed E-state index contributed by atoms with van der Waals surface area (Å²) in [4.78, 5) is 14.6. The topological polar surface area (TPSA) is 66.9 Å². The Bertz CT molecular complexity index is 680. The van der Waals surface area contributed by atoms with Gasteiger partial charge in [-0.3, -0.25) is 4.79 Å². The van der Waals surface area contributed by atoms with E-state index in [4.69, 9.17) is 4.74 Å². The van der Waals surface area contributed by atoms with Crippen LogP contribution in [-0.2, 0) is 14.8 Å². The standard InChI is InChI=1S/C18H28N2O4S/c1-5-20(13-16-7-6-12-24-16)18(21)15-8-10-17(11-9-15)25(22,23)19(4)14(2)3/h8-11,14,16H,5-7,12-13H2,1-4H3. The highest BCUT2D eigenvalue weighted by Gasteiger charge is 2.25. The smallest absolute Gasteiger partial charge is 0.253 e. The SMILES string of the molecule is CCN(CC1CCCO1)C(=O)c1ccc(S(=O)(=O)N(C)C(C)C)cc1. The molecule has 1 saturated heterocycles. The molecule has 0 radical (unpaired) electrons. The molecule has 1 atom stereocenters. The second-order valence-electron chi connectivity index (χ2n) is 6.62. The Labute approximate surface area is 150 Å². The lowest BCUT2D eigenvalue weighted by molar-refractivity contribution is 0.0539. The first kappa shape index (κ1) is 19.9. The Morgan fingerprint density at radius 1 is 1.28 bits per heavy atom. The Kier molecular flexibility index (Phi) is 6.59. The van der Waals surface area contributed by atoms with Crippen molar-refractivity contribution in [2.75, 3.05) is 26.7 Å². The second kappa shape index (κ2) is 8.29. The number of sulfonamides is 1. The molecule has 0 saturated carbocycles. The van der Waals surface area contributed by atoms with Crippen molar-refractivity contribution in [1.29, 1.82) is 0 Å². The van der Waals surface area contributed by atoms with E-state index in [1.54, 1.807) is 24.1 Å². The number of likely N-dealkylation sites (N-methyl/N-ethyl adjacent to an activating group) is 1. The summed E-state index contributed by atoms with van der Waals surface area (Å²) in [5.74, 6) is -0.0980. The van der Waals surface area contributed by atoms with Crippen LogP contribution in [0.15, 0.2) is 29.2 Å². The summed E-state index contributed by atoms with van der Waals surface area (Å²) < 4.78 is 31.9. The molecule has 1 fully saturated rings. The van der Waals surface area contributed by atoms with Gasteiger partial charge in [-0.25, -0.2) is 8.42 Å². The molecule has 0 N–H and O–H groups in total. The summed E-state index contributed by atoms with van der Waals surface area (Å²) in [6, 6.07) is 6.04. The van der Waals surface area contributed by atoms with E-state index >= 15 is 0 Å². The van der Waals surface area contributed by atoms with E-state index < -0.39 is 10.0 Å². The molecular formula is C18H28N2O4S. The van der Waals surface area contributed by atoms with Gasteiger partial charge in [-0.05, 0) is 57.9 Å². The molecule has 1 aromatic rings. The van der Waals surface area contributed by atoms with E-state index in [2.05, 4.69) is 0 Å². The van der Waals surface area contributed by atoms with Gasteiger partial charge in [-0.2, -0.15) is 4.31 Å². The van der Waals surface area contributed by atoms with Gasteiger partial charge >= 0.3 is 0 Å². The molecule has 2 rings (SSSR count). The van der Waals surface area contributed by atoms with Crippen molar-refractivity contribution in [2.45, 2.75) is 50.7 Å². The number of benzene rings is 1.